The Balaban J connectivity index is 1.52. The summed E-state index contributed by atoms with van der Waals surface area (Å²) in [5.74, 6) is -3.34. The Morgan fingerprint density at radius 1 is 1.00 bits per heavy atom. The van der Waals surface area contributed by atoms with Crippen LogP contribution in [0.2, 0.25) is 0 Å². The summed E-state index contributed by atoms with van der Waals surface area (Å²) in [5, 5.41) is 17.7. The molecule has 2 N–H and O–H groups in total. The zero-order valence-corrected chi connectivity index (χ0v) is 19.7. The van der Waals surface area contributed by atoms with Crippen molar-refractivity contribution >= 4 is 34.8 Å². The molecule has 3 aliphatic rings. The van der Waals surface area contributed by atoms with Crippen LogP contribution in [0.5, 0.6) is 5.75 Å². The molecule has 3 aliphatic heterocycles. The first kappa shape index (κ1) is 22.9. The van der Waals surface area contributed by atoms with Gasteiger partial charge in [0.15, 0.2) is 0 Å². The second kappa shape index (κ2) is 8.24. The van der Waals surface area contributed by atoms with Crippen LogP contribution in [0.15, 0.2) is 72.8 Å². The molecule has 0 unspecified atom stereocenters. The average molecular weight is 498 g/mol. The fourth-order valence-corrected chi connectivity index (χ4v) is 6.01. The molecule has 3 heterocycles. The van der Waals surface area contributed by atoms with E-state index in [0.29, 0.717) is 17.7 Å². The molecule has 0 aliphatic carbocycles. The Morgan fingerprint density at radius 2 is 1.73 bits per heavy atom. The SMILES string of the molecule is COc1ccc([N+](=O)[O-])cc1N1C(=O)[C@H]2[C@H](Cc3ccccc3)N[C@@]3(C(=O)Nc4ccccc43)[C@@H]2C1=O. The number of carbonyl (C=O) groups excluding carboxylic acids is 3. The number of amides is 3. The van der Waals surface area contributed by atoms with Crippen LogP contribution in [0.3, 0.4) is 0 Å². The highest BCUT2D eigenvalue weighted by atomic mass is 16.6. The number of benzene rings is 3. The standard InChI is InChI=1S/C27H22N4O6/c1-37-21-12-11-16(31(35)36)14-20(21)30-24(32)22-19(13-15-7-3-2-4-8-15)29-27(23(22)25(30)33)17-9-5-6-10-18(17)28-26(27)34/h2-12,14,19,22-23,29H,13H2,1H3,(H,28,34)/t19-,22-,23-,27+/m0/s1. The molecule has 0 saturated carbocycles. The fraction of sp³-hybridized carbons (Fsp3) is 0.222. The Kier molecular flexibility index (Phi) is 5.09. The van der Waals surface area contributed by atoms with Crippen molar-refractivity contribution in [3.8, 4) is 5.75 Å². The van der Waals surface area contributed by atoms with Gasteiger partial charge in [0.1, 0.15) is 17.0 Å². The summed E-state index contributed by atoms with van der Waals surface area (Å²) in [6, 6.07) is 19.8. The number of nitrogens with one attached hydrogen (secondary N) is 2. The highest BCUT2D eigenvalue weighted by molar-refractivity contribution is 6.26. The van der Waals surface area contributed by atoms with Crippen molar-refractivity contribution in [3.63, 3.8) is 0 Å². The van der Waals surface area contributed by atoms with Gasteiger partial charge < -0.3 is 10.1 Å². The quantitative estimate of drug-likeness (QED) is 0.314. The number of methoxy groups -OCH3 is 1. The minimum absolute atomic E-state index is 0.0126. The first-order valence-electron chi connectivity index (χ1n) is 11.8. The molecule has 37 heavy (non-hydrogen) atoms. The molecule has 1 spiro atoms. The summed E-state index contributed by atoms with van der Waals surface area (Å²) in [7, 11) is 1.36. The Bertz CT molecular complexity index is 1470. The number of nitrogens with zero attached hydrogens (tertiary/aromatic N) is 2. The lowest BCUT2D eigenvalue weighted by molar-refractivity contribution is -0.384. The molecular formula is C27H22N4O6. The van der Waals surface area contributed by atoms with Gasteiger partial charge in [-0.3, -0.25) is 29.8 Å². The molecule has 10 nitrogen and oxygen atoms in total. The summed E-state index contributed by atoms with van der Waals surface area (Å²) in [4.78, 5) is 53.6. The maximum Gasteiger partial charge on any atom is 0.271 e. The lowest BCUT2D eigenvalue weighted by atomic mass is 9.76. The largest absolute Gasteiger partial charge is 0.495 e. The van der Waals surface area contributed by atoms with Crippen LogP contribution in [-0.4, -0.2) is 35.8 Å². The molecule has 0 radical (unpaired) electrons. The predicted molar refractivity (Wildman–Crippen MR) is 133 cm³/mol. The van der Waals surface area contributed by atoms with Gasteiger partial charge in [-0.2, -0.15) is 0 Å². The Morgan fingerprint density at radius 3 is 2.46 bits per heavy atom. The molecule has 0 bridgehead atoms. The number of imide groups is 1. The molecular weight excluding hydrogens is 476 g/mol. The van der Waals surface area contributed by atoms with E-state index in [9.17, 15) is 24.5 Å². The lowest BCUT2D eigenvalue weighted by Gasteiger charge is -2.29. The fourth-order valence-electron chi connectivity index (χ4n) is 6.01. The van der Waals surface area contributed by atoms with Crippen LogP contribution in [0.25, 0.3) is 0 Å². The number of hydrogen-bond acceptors (Lipinski definition) is 7. The van der Waals surface area contributed by atoms with E-state index in [4.69, 9.17) is 4.74 Å². The van der Waals surface area contributed by atoms with E-state index in [1.807, 2.05) is 30.3 Å². The van der Waals surface area contributed by atoms with Crippen molar-refractivity contribution in [1.29, 1.82) is 0 Å². The van der Waals surface area contributed by atoms with E-state index < -0.39 is 46.1 Å². The topological polar surface area (TPSA) is 131 Å². The van der Waals surface area contributed by atoms with Crippen molar-refractivity contribution in [2.75, 3.05) is 17.3 Å². The first-order valence-corrected chi connectivity index (χ1v) is 11.8. The van der Waals surface area contributed by atoms with Gasteiger partial charge >= 0.3 is 0 Å². The minimum Gasteiger partial charge on any atom is -0.495 e. The smallest absolute Gasteiger partial charge is 0.271 e. The van der Waals surface area contributed by atoms with Gasteiger partial charge in [-0.25, -0.2) is 4.90 Å². The number of rotatable bonds is 5. The maximum atomic E-state index is 14.1. The molecule has 2 saturated heterocycles. The predicted octanol–water partition coefficient (Wildman–Crippen LogP) is 2.77. The van der Waals surface area contributed by atoms with Crippen molar-refractivity contribution in [3.05, 3.63) is 94.0 Å². The number of nitro groups is 1. The first-order chi connectivity index (χ1) is 17.9. The summed E-state index contributed by atoms with van der Waals surface area (Å²) in [6.45, 7) is 0. The maximum absolute atomic E-state index is 14.1. The van der Waals surface area contributed by atoms with Gasteiger partial charge in [0.05, 0.1) is 23.9 Å². The van der Waals surface area contributed by atoms with E-state index >= 15 is 0 Å². The molecule has 3 aromatic rings. The number of nitro benzene ring substituents is 1. The third kappa shape index (κ3) is 3.19. The minimum atomic E-state index is -1.46. The van der Waals surface area contributed by atoms with Crippen molar-refractivity contribution in [1.82, 2.24) is 5.32 Å². The monoisotopic (exact) mass is 498 g/mol. The lowest BCUT2D eigenvalue weighted by Crippen LogP contribution is -2.53. The van der Waals surface area contributed by atoms with Gasteiger partial charge in [-0.1, -0.05) is 48.5 Å². The van der Waals surface area contributed by atoms with E-state index in [2.05, 4.69) is 10.6 Å². The van der Waals surface area contributed by atoms with Crippen LogP contribution >= 0.6 is 0 Å². The number of hydrogen-bond donors (Lipinski definition) is 2. The number of para-hydroxylation sites is 1. The van der Waals surface area contributed by atoms with Crippen LogP contribution in [0.4, 0.5) is 17.1 Å². The zero-order chi connectivity index (χ0) is 25.9. The van der Waals surface area contributed by atoms with Gasteiger partial charge in [-0.05, 0) is 24.1 Å². The second-order valence-corrected chi connectivity index (χ2v) is 9.38. The van der Waals surface area contributed by atoms with Crippen molar-refractivity contribution < 1.29 is 24.0 Å². The average Bonchev–Trinajstić information content (AvgIpc) is 3.48. The zero-order valence-electron chi connectivity index (χ0n) is 19.7. The van der Waals surface area contributed by atoms with Gasteiger partial charge in [0.2, 0.25) is 17.7 Å². The number of anilines is 2. The van der Waals surface area contributed by atoms with Crippen LogP contribution in [-0.2, 0) is 26.3 Å². The van der Waals surface area contributed by atoms with Crippen molar-refractivity contribution in [2.45, 2.75) is 18.0 Å². The van der Waals surface area contributed by atoms with Crippen molar-refractivity contribution in [2.24, 2.45) is 11.8 Å². The molecule has 10 heteroatoms. The number of non-ortho nitro benzene ring substituents is 1. The molecule has 186 valence electrons. The van der Waals surface area contributed by atoms with Gasteiger partial charge in [-0.15, -0.1) is 0 Å². The summed E-state index contributed by atoms with van der Waals surface area (Å²) in [6.07, 6.45) is 0.401. The Hall–Kier alpha value is -4.57. The number of ether oxygens (including phenoxy) is 1. The number of fused-ring (bicyclic) bond motifs is 4. The van der Waals surface area contributed by atoms with E-state index in [0.717, 1.165) is 16.5 Å². The van der Waals surface area contributed by atoms with E-state index in [1.54, 1.807) is 24.3 Å². The molecule has 6 rings (SSSR count). The molecule has 2 fully saturated rings. The highest BCUT2D eigenvalue weighted by Crippen LogP contribution is 2.54. The van der Waals surface area contributed by atoms with Crippen LogP contribution < -0.4 is 20.3 Å². The normalized spacial score (nSPS) is 25.8. The summed E-state index contributed by atoms with van der Waals surface area (Å²) < 4.78 is 5.36. The molecule has 4 atom stereocenters. The molecule has 3 amide bonds. The number of carbonyl (C=O) groups is 3. The Labute approximate surface area is 211 Å². The molecule has 0 aromatic heterocycles. The summed E-state index contributed by atoms with van der Waals surface area (Å²) >= 11 is 0. The summed E-state index contributed by atoms with van der Waals surface area (Å²) in [5.41, 5.74) is 0.350. The van der Waals surface area contributed by atoms with Crippen LogP contribution in [0, 0.1) is 22.0 Å². The van der Waals surface area contributed by atoms with Crippen LogP contribution in [0.1, 0.15) is 11.1 Å². The van der Waals surface area contributed by atoms with E-state index in [-0.39, 0.29) is 17.1 Å². The molecule has 3 aromatic carbocycles. The second-order valence-electron chi connectivity index (χ2n) is 9.38. The van der Waals surface area contributed by atoms with Gasteiger partial charge in [0, 0.05) is 29.4 Å². The van der Waals surface area contributed by atoms with E-state index in [1.165, 1.54) is 19.2 Å². The van der Waals surface area contributed by atoms with Gasteiger partial charge in [0.25, 0.3) is 5.69 Å². The highest BCUT2D eigenvalue weighted by Gasteiger charge is 2.70. The third-order valence-corrected chi connectivity index (χ3v) is 7.54. The third-order valence-electron chi connectivity index (χ3n) is 7.54.